The Morgan fingerprint density at radius 3 is 2.81 bits per heavy atom. The Hall–Kier alpha value is -3.72. The van der Waals surface area contributed by atoms with E-state index in [4.69, 9.17) is 9.47 Å². The Balaban J connectivity index is 1.39. The Kier molecular flexibility index (Phi) is 5.10. The minimum Gasteiger partial charge on any atom is -0.484 e. The van der Waals surface area contributed by atoms with Gasteiger partial charge in [-0.25, -0.2) is 4.98 Å². The van der Waals surface area contributed by atoms with Crippen LogP contribution in [0.3, 0.4) is 0 Å². The summed E-state index contributed by atoms with van der Waals surface area (Å²) in [7, 11) is 1.62. The second kappa shape index (κ2) is 8.08. The number of fused-ring (bicyclic) bond motifs is 2. The Morgan fingerprint density at radius 1 is 1.19 bits per heavy atom. The Labute approximate surface area is 185 Å². The lowest BCUT2D eigenvalue weighted by Gasteiger charge is -2.24. The van der Waals surface area contributed by atoms with E-state index in [0.29, 0.717) is 24.7 Å². The molecule has 3 atom stereocenters. The van der Waals surface area contributed by atoms with Gasteiger partial charge in [-0.15, -0.1) is 0 Å². The SMILES string of the molecule is C[C@H]1Oc2cccnc2N(C)C(=O)[C@H]1NC(=O)c1cc2n(n1)CCO[C@H]2c1ccccc1. The lowest BCUT2D eigenvalue weighted by molar-refractivity contribution is -0.121. The van der Waals surface area contributed by atoms with Gasteiger partial charge in [0.15, 0.2) is 17.3 Å². The molecule has 2 aliphatic rings. The average Bonchev–Trinajstić information content (AvgIpc) is 3.24. The zero-order chi connectivity index (χ0) is 22.2. The number of pyridine rings is 1. The quantitative estimate of drug-likeness (QED) is 0.678. The fraction of sp³-hybridized carbons (Fsp3) is 0.304. The molecule has 1 N–H and O–H groups in total. The minimum atomic E-state index is -0.887. The molecule has 0 radical (unpaired) electrons. The number of carbonyl (C=O) groups excluding carboxylic acids is 2. The van der Waals surface area contributed by atoms with E-state index in [1.165, 1.54) is 4.90 Å². The lowest BCUT2D eigenvalue weighted by atomic mass is 10.1. The summed E-state index contributed by atoms with van der Waals surface area (Å²) in [6.07, 6.45) is 0.709. The van der Waals surface area contributed by atoms with Crippen LogP contribution in [0, 0.1) is 0 Å². The van der Waals surface area contributed by atoms with E-state index in [1.807, 2.05) is 30.3 Å². The third-order valence-electron chi connectivity index (χ3n) is 5.74. The molecule has 9 nitrogen and oxygen atoms in total. The second-order valence-electron chi connectivity index (χ2n) is 7.84. The first kappa shape index (κ1) is 20.2. The van der Waals surface area contributed by atoms with Crippen molar-refractivity contribution in [1.29, 1.82) is 0 Å². The van der Waals surface area contributed by atoms with Crippen LogP contribution in [0.15, 0.2) is 54.7 Å². The summed E-state index contributed by atoms with van der Waals surface area (Å²) in [5.41, 5.74) is 2.03. The molecule has 0 saturated carbocycles. The molecule has 9 heteroatoms. The van der Waals surface area contributed by atoms with Gasteiger partial charge < -0.3 is 14.8 Å². The van der Waals surface area contributed by atoms with E-state index >= 15 is 0 Å². The third kappa shape index (κ3) is 3.50. The van der Waals surface area contributed by atoms with Gasteiger partial charge in [-0.2, -0.15) is 5.10 Å². The number of carbonyl (C=O) groups is 2. The highest BCUT2D eigenvalue weighted by Gasteiger charge is 2.37. The van der Waals surface area contributed by atoms with Crippen molar-refractivity contribution < 1.29 is 19.1 Å². The highest BCUT2D eigenvalue weighted by atomic mass is 16.5. The number of likely N-dealkylation sites (N-methyl/N-ethyl adjacent to an activating group) is 1. The maximum atomic E-state index is 13.1. The van der Waals surface area contributed by atoms with Crippen LogP contribution >= 0.6 is 0 Å². The first-order chi connectivity index (χ1) is 15.5. The van der Waals surface area contributed by atoms with Crippen molar-refractivity contribution in [3.05, 3.63) is 71.7 Å². The first-order valence-electron chi connectivity index (χ1n) is 10.5. The fourth-order valence-corrected chi connectivity index (χ4v) is 4.07. The molecule has 5 rings (SSSR count). The largest absolute Gasteiger partial charge is 0.484 e. The van der Waals surface area contributed by atoms with Crippen molar-refractivity contribution in [2.45, 2.75) is 31.7 Å². The number of benzene rings is 1. The van der Waals surface area contributed by atoms with Gasteiger partial charge in [0.25, 0.3) is 11.8 Å². The molecule has 0 spiro atoms. The maximum absolute atomic E-state index is 13.1. The predicted molar refractivity (Wildman–Crippen MR) is 115 cm³/mol. The second-order valence-corrected chi connectivity index (χ2v) is 7.84. The molecule has 0 aliphatic carbocycles. The number of nitrogens with zero attached hydrogens (tertiary/aromatic N) is 4. The number of hydrogen-bond acceptors (Lipinski definition) is 6. The summed E-state index contributed by atoms with van der Waals surface area (Å²) >= 11 is 0. The number of aromatic nitrogens is 3. The molecule has 2 amide bonds. The van der Waals surface area contributed by atoms with Crippen LogP contribution in [-0.2, 0) is 16.1 Å². The van der Waals surface area contributed by atoms with E-state index in [2.05, 4.69) is 15.4 Å². The molecule has 2 aromatic heterocycles. The molecule has 0 unspecified atom stereocenters. The van der Waals surface area contributed by atoms with Crippen molar-refractivity contribution in [2.24, 2.45) is 0 Å². The highest BCUT2D eigenvalue weighted by Crippen LogP contribution is 2.31. The average molecular weight is 433 g/mol. The molecule has 2 aliphatic heterocycles. The van der Waals surface area contributed by atoms with Crippen LogP contribution < -0.4 is 15.0 Å². The van der Waals surface area contributed by atoms with Gasteiger partial charge in [0.1, 0.15) is 18.2 Å². The molecule has 164 valence electrons. The van der Waals surface area contributed by atoms with E-state index in [0.717, 1.165) is 11.3 Å². The van der Waals surface area contributed by atoms with Crippen LogP contribution in [0.2, 0.25) is 0 Å². The molecule has 0 bridgehead atoms. The minimum absolute atomic E-state index is 0.231. The van der Waals surface area contributed by atoms with Gasteiger partial charge in [-0.1, -0.05) is 30.3 Å². The Bertz CT molecular complexity index is 1160. The number of hydrogen-bond donors (Lipinski definition) is 1. The standard InChI is InChI=1S/C23H23N5O4/c1-14-19(23(30)27(2)21-18(32-14)9-6-10-24-21)25-22(29)16-13-17-20(15-7-4-3-5-8-15)31-12-11-28(17)26-16/h3-10,13-14,19-20H,11-12H2,1-2H3,(H,25,29)/t14-,19+,20+/m1/s1. The highest BCUT2D eigenvalue weighted by molar-refractivity contribution is 6.02. The zero-order valence-corrected chi connectivity index (χ0v) is 17.8. The Morgan fingerprint density at radius 2 is 2.00 bits per heavy atom. The molecule has 1 aromatic carbocycles. The van der Waals surface area contributed by atoms with Gasteiger partial charge in [-0.05, 0) is 30.7 Å². The number of nitrogens with one attached hydrogen (secondary N) is 1. The van der Waals surface area contributed by atoms with Crippen molar-refractivity contribution in [1.82, 2.24) is 20.1 Å². The summed E-state index contributed by atoms with van der Waals surface area (Å²) in [6, 6.07) is 14.1. The van der Waals surface area contributed by atoms with Gasteiger partial charge in [0, 0.05) is 13.2 Å². The molecular weight excluding hydrogens is 410 g/mol. The monoisotopic (exact) mass is 433 g/mol. The van der Waals surface area contributed by atoms with E-state index in [-0.39, 0.29) is 17.7 Å². The summed E-state index contributed by atoms with van der Waals surface area (Å²) in [5, 5.41) is 7.27. The van der Waals surface area contributed by atoms with E-state index in [9.17, 15) is 9.59 Å². The van der Waals surface area contributed by atoms with Crippen LogP contribution in [0.25, 0.3) is 0 Å². The smallest absolute Gasteiger partial charge is 0.272 e. The molecule has 32 heavy (non-hydrogen) atoms. The van der Waals surface area contributed by atoms with Crippen molar-refractivity contribution >= 4 is 17.6 Å². The van der Waals surface area contributed by atoms with Gasteiger partial charge in [-0.3, -0.25) is 19.2 Å². The summed E-state index contributed by atoms with van der Waals surface area (Å²) < 4.78 is 13.7. The molecule has 0 fully saturated rings. The lowest BCUT2D eigenvalue weighted by Crippen LogP contribution is -2.53. The number of amides is 2. The summed E-state index contributed by atoms with van der Waals surface area (Å²) in [4.78, 5) is 31.8. The first-order valence-corrected chi connectivity index (χ1v) is 10.5. The molecule has 3 aromatic rings. The number of rotatable bonds is 3. The van der Waals surface area contributed by atoms with Gasteiger partial charge >= 0.3 is 0 Å². The molecule has 0 saturated heterocycles. The molecule has 4 heterocycles. The van der Waals surface area contributed by atoms with E-state index < -0.39 is 18.1 Å². The summed E-state index contributed by atoms with van der Waals surface area (Å²) in [6.45, 7) is 2.80. The van der Waals surface area contributed by atoms with Crippen molar-refractivity contribution in [3.63, 3.8) is 0 Å². The number of ether oxygens (including phenoxy) is 2. The van der Waals surface area contributed by atoms with Crippen LogP contribution in [-0.4, -0.2) is 52.4 Å². The summed E-state index contributed by atoms with van der Waals surface area (Å²) in [5.74, 6) is 0.159. The zero-order valence-electron chi connectivity index (χ0n) is 17.8. The van der Waals surface area contributed by atoms with E-state index in [1.54, 1.807) is 43.0 Å². The predicted octanol–water partition coefficient (Wildman–Crippen LogP) is 1.94. The van der Waals surface area contributed by atoms with Gasteiger partial charge in [0.2, 0.25) is 0 Å². The normalized spacial score (nSPS) is 22.4. The van der Waals surface area contributed by atoms with Gasteiger partial charge in [0.05, 0.1) is 18.8 Å². The van der Waals surface area contributed by atoms with Crippen molar-refractivity contribution in [2.75, 3.05) is 18.6 Å². The molecular formula is C23H23N5O4. The number of anilines is 1. The van der Waals surface area contributed by atoms with Crippen molar-refractivity contribution in [3.8, 4) is 5.75 Å². The topological polar surface area (TPSA) is 98.6 Å². The van der Waals surface area contributed by atoms with Crippen LogP contribution in [0.5, 0.6) is 5.75 Å². The van der Waals surface area contributed by atoms with Crippen LogP contribution in [0.1, 0.15) is 34.8 Å². The maximum Gasteiger partial charge on any atom is 0.272 e. The third-order valence-corrected chi connectivity index (χ3v) is 5.74. The fourth-order valence-electron chi connectivity index (χ4n) is 4.07. The van der Waals surface area contributed by atoms with Crippen LogP contribution in [0.4, 0.5) is 5.82 Å².